The zero-order valence-electron chi connectivity index (χ0n) is 16.5. The maximum atomic E-state index is 12.0. The van der Waals surface area contributed by atoms with Gasteiger partial charge < -0.3 is 24.4 Å². The summed E-state index contributed by atoms with van der Waals surface area (Å²) >= 11 is 0. The molecule has 2 aliphatic rings. The summed E-state index contributed by atoms with van der Waals surface area (Å²) in [5, 5.41) is 17.3. The minimum atomic E-state index is -0.555. The van der Waals surface area contributed by atoms with E-state index in [4.69, 9.17) is 14.0 Å². The molecule has 0 spiro atoms. The van der Waals surface area contributed by atoms with Crippen LogP contribution in [-0.2, 0) is 22.6 Å². The molecular weight excluding hydrogens is 372 g/mol. The third-order valence-corrected chi connectivity index (χ3v) is 5.70. The number of aliphatic hydroxyl groups excluding tert-OH is 1. The van der Waals surface area contributed by atoms with Crippen molar-refractivity contribution >= 4 is 5.91 Å². The first kappa shape index (κ1) is 19.9. The molecule has 2 heterocycles. The van der Waals surface area contributed by atoms with E-state index in [1.54, 1.807) is 0 Å². The highest BCUT2D eigenvalue weighted by molar-refractivity contribution is 5.79. The lowest BCUT2D eigenvalue weighted by Gasteiger charge is -2.34. The maximum absolute atomic E-state index is 12.0. The molecule has 0 unspecified atom stereocenters. The molecule has 156 valence electrons. The van der Waals surface area contributed by atoms with Gasteiger partial charge in [0.25, 0.3) is 0 Å². The molecule has 1 amide bonds. The number of rotatable bonds is 8. The van der Waals surface area contributed by atoms with Gasteiger partial charge in [0, 0.05) is 24.9 Å². The molecule has 1 aliphatic carbocycles. The Balaban J connectivity index is 1.24. The molecule has 4 rings (SSSR count). The van der Waals surface area contributed by atoms with Crippen LogP contribution < -0.4 is 10.1 Å². The van der Waals surface area contributed by atoms with Crippen molar-refractivity contribution < 1.29 is 23.9 Å². The summed E-state index contributed by atoms with van der Waals surface area (Å²) in [5.41, 5.74) is 0.801. The molecule has 29 heavy (non-hydrogen) atoms. The fourth-order valence-electron chi connectivity index (χ4n) is 3.72. The monoisotopic (exact) mass is 400 g/mol. The third kappa shape index (κ3) is 5.36. The molecule has 1 aromatic carbocycles. The van der Waals surface area contributed by atoms with Crippen molar-refractivity contribution in [3.8, 4) is 5.75 Å². The van der Waals surface area contributed by atoms with Crippen molar-refractivity contribution in [3.63, 3.8) is 0 Å². The van der Waals surface area contributed by atoms with E-state index in [9.17, 15) is 9.90 Å². The average Bonchev–Trinajstić information content (AvgIpc) is 3.13. The van der Waals surface area contributed by atoms with Crippen LogP contribution in [0.4, 0.5) is 0 Å². The lowest BCUT2D eigenvalue weighted by atomic mass is 9.85. The quantitative estimate of drug-likeness (QED) is 0.708. The summed E-state index contributed by atoms with van der Waals surface area (Å²) in [6.07, 6.45) is 4.05. The number of hydrogen-bond donors (Lipinski definition) is 2. The number of amides is 1. The van der Waals surface area contributed by atoms with Gasteiger partial charge >= 0.3 is 0 Å². The van der Waals surface area contributed by atoms with Crippen LogP contribution >= 0.6 is 0 Å². The molecule has 7 nitrogen and oxygen atoms in total. The Kier molecular flexibility index (Phi) is 6.46. The largest absolute Gasteiger partial charge is 0.486 e. The van der Waals surface area contributed by atoms with Crippen molar-refractivity contribution in [2.24, 2.45) is 5.92 Å². The molecule has 2 N–H and O–H groups in total. The van der Waals surface area contributed by atoms with Gasteiger partial charge in [-0.25, -0.2) is 0 Å². The zero-order valence-corrected chi connectivity index (χ0v) is 16.5. The van der Waals surface area contributed by atoms with Crippen molar-refractivity contribution in [2.75, 3.05) is 6.54 Å². The number of carbonyl (C=O) groups excluding carboxylic acids is 1. The lowest BCUT2D eigenvalue weighted by Crippen LogP contribution is -2.48. The number of para-hydroxylation sites is 1. The maximum Gasteiger partial charge on any atom is 0.223 e. The van der Waals surface area contributed by atoms with Gasteiger partial charge in [0.1, 0.15) is 18.5 Å². The predicted octanol–water partition coefficient (Wildman–Crippen LogP) is 2.62. The SMILES string of the molecule is O=C(NC[C@H]1O[C@H](Cc2cc(COc3ccccc3)on2)CC[C@@H]1O)C1CCC1. The van der Waals surface area contributed by atoms with Gasteiger partial charge in [-0.15, -0.1) is 0 Å². The van der Waals surface area contributed by atoms with E-state index in [0.29, 0.717) is 31.8 Å². The highest BCUT2D eigenvalue weighted by Crippen LogP contribution is 2.27. The summed E-state index contributed by atoms with van der Waals surface area (Å²) in [4.78, 5) is 12.0. The Hall–Kier alpha value is -2.38. The van der Waals surface area contributed by atoms with Gasteiger partial charge in [0.05, 0.1) is 17.9 Å². The van der Waals surface area contributed by atoms with E-state index in [-0.39, 0.29) is 24.0 Å². The van der Waals surface area contributed by atoms with Gasteiger partial charge in [0.15, 0.2) is 5.76 Å². The third-order valence-electron chi connectivity index (χ3n) is 5.70. The fraction of sp³-hybridized carbons (Fsp3) is 0.545. The smallest absolute Gasteiger partial charge is 0.223 e. The van der Waals surface area contributed by atoms with Gasteiger partial charge in [-0.3, -0.25) is 4.79 Å². The molecule has 0 radical (unpaired) electrons. The molecule has 2 fully saturated rings. The number of carbonyl (C=O) groups is 1. The van der Waals surface area contributed by atoms with E-state index >= 15 is 0 Å². The standard InChI is InChI=1S/C22H28N2O5/c25-20-10-9-18(28-21(20)13-23-22(26)15-5-4-6-15)11-16-12-19(29-24-16)14-27-17-7-2-1-3-8-17/h1-3,7-8,12,15,18,20-21,25H,4-6,9-11,13-14H2,(H,23,26)/t18-,20-,21+/m0/s1. The van der Waals surface area contributed by atoms with Crippen molar-refractivity contribution in [3.05, 3.63) is 47.9 Å². The number of benzene rings is 1. The van der Waals surface area contributed by atoms with Gasteiger partial charge in [0.2, 0.25) is 5.91 Å². The Labute approximate surface area is 170 Å². The Bertz CT molecular complexity index is 790. The number of nitrogens with zero attached hydrogens (tertiary/aromatic N) is 1. The van der Waals surface area contributed by atoms with Gasteiger partial charge in [-0.2, -0.15) is 0 Å². The van der Waals surface area contributed by atoms with E-state index in [1.165, 1.54) is 0 Å². The topological polar surface area (TPSA) is 93.8 Å². The normalized spacial score (nSPS) is 24.7. The van der Waals surface area contributed by atoms with Gasteiger partial charge in [-0.05, 0) is 37.8 Å². The van der Waals surface area contributed by atoms with Crippen LogP contribution in [0.25, 0.3) is 0 Å². The summed E-state index contributed by atoms with van der Waals surface area (Å²) in [7, 11) is 0. The van der Waals surface area contributed by atoms with Crippen LogP contribution in [0.15, 0.2) is 40.9 Å². The zero-order chi connectivity index (χ0) is 20.1. The molecule has 2 aromatic rings. The van der Waals surface area contributed by atoms with Crippen LogP contribution in [0.3, 0.4) is 0 Å². The fourth-order valence-corrected chi connectivity index (χ4v) is 3.72. The number of nitrogens with one attached hydrogen (secondary N) is 1. The van der Waals surface area contributed by atoms with Crippen molar-refractivity contribution in [1.29, 1.82) is 0 Å². The van der Waals surface area contributed by atoms with E-state index < -0.39 is 6.10 Å². The first-order valence-corrected chi connectivity index (χ1v) is 10.4. The predicted molar refractivity (Wildman–Crippen MR) is 105 cm³/mol. The van der Waals surface area contributed by atoms with Crippen LogP contribution in [0.5, 0.6) is 5.75 Å². The number of aromatic nitrogens is 1. The van der Waals surface area contributed by atoms with Crippen LogP contribution in [0.2, 0.25) is 0 Å². The molecular formula is C22H28N2O5. The second kappa shape index (κ2) is 9.41. The second-order valence-corrected chi connectivity index (χ2v) is 7.90. The molecule has 1 aliphatic heterocycles. The van der Waals surface area contributed by atoms with Gasteiger partial charge in [-0.1, -0.05) is 29.8 Å². The molecule has 3 atom stereocenters. The first-order chi connectivity index (χ1) is 14.2. The van der Waals surface area contributed by atoms with Crippen LogP contribution in [-0.4, -0.2) is 41.0 Å². The number of aliphatic hydroxyl groups is 1. The Morgan fingerprint density at radius 2 is 2.03 bits per heavy atom. The van der Waals surface area contributed by atoms with Crippen molar-refractivity contribution in [2.45, 2.75) is 63.4 Å². The first-order valence-electron chi connectivity index (χ1n) is 10.4. The minimum absolute atomic E-state index is 0.0583. The molecule has 1 aromatic heterocycles. The Morgan fingerprint density at radius 3 is 2.79 bits per heavy atom. The minimum Gasteiger partial charge on any atom is -0.486 e. The van der Waals surface area contributed by atoms with E-state index in [0.717, 1.165) is 37.1 Å². The van der Waals surface area contributed by atoms with Crippen LogP contribution in [0, 0.1) is 5.92 Å². The molecule has 0 bridgehead atoms. The average molecular weight is 400 g/mol. The van der Waals surface area contributed by atoms with E-state index in [1.807, 2.05) is 36.4 Å². The Morgan fingerprint density at radius 1 is 1.21 bits per heavy atom. The summed E-state index contributed by atoms with van der Waals surface area (Å²) in [6, 6.07) is 11.4. The van der Waals surface area contributed by atoms with Crippen molar-refractivity contribution in [1.82, 2.24) is 10.5 Å². The highest BCUT2D eigenvalue weighted by atomic mass is 16.5. The summed E-state index contributed by atoms with van der Waals surface area (Å²) in [5.74, 6) is 1.65. The van der Waals surface area contributed by atoms with E-state index in [2.05, 4.69) is 10.5 Å². The highest BCUT2D eigenvalue weighted by Gasteiger charge is 2.32. The second-order valence-electron chi connectivity index (χ2n) is 7.90. The summed E-state index contributed by atoms with van der Waals surface area (Å²) in [6.45, 7) is 0.666. The number of ether oxygens (including phenoxy) is 2. The lowest BCUT2D eigenvalue weighted by molar-refractivity contribution is -0.133. The molecule has 1 saturated carbocycles. The molecule has 7 heteroatoms. The molecule has 1 saturated heterocycles. The van der Waals surface area contributed by atoms with Crippen LogP contribution in [0.1, 0.15) is 43.6 Å². The number of hydrogen-bond acceptors (Lipinski definition) is 6. The summed E-state index contributed by atoms with van der Waals surface area (Å²) < 4.78 is 17.1.